The van der Waals surface area contributed by atoms with E-state index in [0.717, 1.165) is 0 Å². The minimum atomic E-state index is -1.71. The molecule has 0 amide bonds. The van der Waals surface area contributed by atoms with E-state index in [2.05, 4.69) is 6.58 Å². The highest BCUT2D eigenvalue weighted by Gasteiger charge is 2.71. The van der Waals surface area contributed by atoms with Gasteiger partial charge in [-0.1, -0.05) is 39.8 Å². The molecule has 0 spiro atoms. The molecular formula is C29H37BF2O7. The Morgan fingerprint density at radius 1 is 1.31 bits per heavy atom. The third-order valence-electron chi connectivity index (χ3n) is 11.2. The first-order chi connectivity index (χ1) is 18.2. The molecule has 1 heterocycles. The largest absolute Gasteiger partial charge is 0.494 e. The Balaban J connectivity index is 1.69. The standard InChI is InChI=1S/C29H37BF2O7/c1-6-27(4)11-17(23(26(35)36)39-19-8-7-16-13-38-30(37)20(16)21(19)32)28(5)14(2)9-10-29(15(3)25(27)34)12-18(31)22(33)24(28)29/h6-8,14-15,17-18,23-25,34,37H,1,9-13H2,2-5H3,(H,35,36)/t14-,15+,17+,18+,23?,24+,25+,27-,28-,29+/m1/s1. The second kappa shape index (κ2) is 9.38. The Kier molecular flexibility index (Phi) is 6.79. The van der Waals surface area contributed by atoms with Crippen molar-refractivity contribution in [3.8, 4) is 5.75 Å². The Labute approximate surface area is 227 Å². The van der Waals surface area contributed by atoms with Gasteiger partial charge in [0.25, 0.3) is 0 Å². The van der Waals surface area contributed by atoms with E-state index in [1.165, 1.54) is 12.1 Å². The molecule has 1 aliphatic heterocycles. The van der Waals surface area contributed by atoms with Gasteiger partial charge in [-0.2, -0.15) is 0 Å². The smallest absolute Gasteiger partial charge is 0.478 e. The van der Waals surface area contributed by atoms with E-state index in [-0.39, 0.29) is 36.6 Å². The molecule has 0 radical (unpaired) electrons. The second-order valence-corrected chi connectivity index (χ2v) is 12.8. The highest BCUT2D eigenvalue weighted by molar-refractivity contribution is 6.61. The lowest BCUT2D eigenvalue weighted by Gasteiger charge is -2.62. The van der Waals surface area contributed by atoms with Crippen LogP contribution in [0, 0.1) is 45.7 Å². The van der Waals surface area contributed by atoms with Crippen molar-refractivity contribution >= 4 is 24.3 Å². The minimum absolute atomic E-state index is 0.0122. The molecule has 0 saturated heterocycles. The number of carboxylic acids is 1. The first-order valence-corrected chi connectivity index (χ1v) is 13.7. The van der Waals surface area contributed by atoms with Crippen LogP contribution in [0.3, 0.4) is 0 Å². The average molecular weight is 546 g/mol. The van der Waals surface area contributed by atoms with Crippen LogP contribution in [-0.2, 0) is 20.9 Å². The quantitative estimate of drug-likeness (QED) is 0.383. The van der Waals surface area contributed by atoms with Crippen molar-refractivity contribution in [1.29, 1.82) is 0 Å². The predicted molar refractivity (Wildman–Crippen MR) is 139 cm³/mol. The van der Waals surface area contributed by atoms with Crippen LogP contribution in [-0.4, -0.2) is 52.5 Å². The lowest BCUT2D eigenvalue weighted by Crippen LogP contribution is -2.63. The van der Waals surface area contributed by atoms with E-state index in [4.69, 9.17) is 9.39 Å². The van der Waals surface area contributed by atoms with Gasteiger partial charge in [-0.25, -0.2) is 13.6 Å². The van der Waals surface area contributed by atoms with Crippen molar-refractivity contribution in [2.45, 2.75) is 78.4 Å². The van der Waals surface area contributed by atoms with Crippen LogP contribution in [0.4, 0.5) is 8.78 Å². The van der Waals surface area contributed by atoms with Crippen LogP contribution in [0.5, 0.6) is 5.75 Å². The molecule has 3 saturated carbocycles. The molecule has 10 heteroatoms. The average Bonchev–Trinajstić information content (AvgIpc) is 3.40. The van der Waals surface area contributed by atoms with E-state index in [9.17, 15) is 24.8 Å². The Morgan fingerprint density at radius 2 is 2.00 bits per heavy atom. The maximum absolute atomic E-state index is 15.5. The monoisotopic (exact) mass is 546 g/mol. The van der Waals surface area contributed by atoms with E-state index in [1.807, 2.05) is 20.8 Å². The zero-order chi connectivity index (χ0) is 28.7. The number of rotatable bonds is 5. The number of hydrogen-bond acceptors (Lipinski definition) is 6. The summed E-state index contributed by atoms with van der Waals surface area (Å²) < 4.78 is 42.0. The van der Waals surface area contributed by atoms with Crippen LogP contribution in [0.15, 0.2) is 24.8 Å². The normalized spacial score (nSPS) is 42.3. The molecule has 0 aromatic heterocycles. The third kappa shape index (κ3) is 3.85. The maximum atomic E-state index is 15.5. The molecule has 1 aromatic rings. The van der Waals surface area contributed by atoms with Crippen LogP contribution < -0.4 is 10.2 Å². The first kappa shape index (κ1) is 28.2. The highest BCUT2D eigenvalue weighted by Crippen LogP contribution is 2.69. The lowest BCUT2D eigenvalue weighted by molar-refractivity contribution is -0.193. The summed E-state index contributed by atoms with van der Waals surface area (Å²) in [5, 5.41) is 32.3. The fourth-order valence-corrected chi connectivity index (χ4v) is 8.65. The molecule has 1 aromatic carbocycles. The molecule has 212 valence electrons. The summed E-state index contributed by atoms with van der Waals surface area (Å²) in [4.78, 5) is 26.5. The summed E-state index contributed by atoms with van der Waals surface area (Å²) in [6.07, 6.45) is -1.54. The van der Waals surface area contributed by atoms with Gasteiger partial charge in [-0.3, -0.25) is 4.79 Å². The minimum Gasteiger partial charge on any atom is -0.478 e. The summed E-state index contributed by atoms with van der Waals surface area (Å²) in [7, 11) is -1.50. The number of carbonyl (C=O) groups excluding carboxylic acids is 1. The number of hydrogen-bond donors (Lipinski definition) is 3. The second-order valence-electron chi connectivity index (χ2n) is 12.8. The fourth-order valence-electron chi connectivity index (χ4n) is 8.65. The molecular weight excluding hydrogens is 509 g/mol. The summed E-state index contributed by atoms with van der Waals surface area (Å²) in [5.74, 6) is -5.56. The van der Waals surface area contributed by atoms with E-state index < -0.39 is 77.1 Å². The first-order valence-electron chi connectivity index (χ1n) is 13.7. The van der Waals surface area contributed by atoms with Gasteiger partial charge in [-0.15, -0.1) is 6.58 Å². The molecule has 5 rings (SSSR count). The highest BCUT2D eigenvalue weighted by atomic mass is 19.1. The molecule has 3 fully saturated rings. The molecule has 4 aliphatic rings. The Morgan fingerprint density at radius 3 is 2.64 bits per heavy atom. The van der Waals surface area contributed by atoms with Crippen molar-refractivity contribution in [2.24, 2.45) is 39.9 Å². The number of ether oxygens (including phenoxy) is 1. The number of aliphatic hydroxyl groups is 1. The van der Waals surface area contributed by atoms with Gasteiger partial charge in [-0.05, 0) is 60.0 Å². The zero-order valence-corrected chi connectivity index (χ0v) is 22.8. The number of halogens is 2. The van der Waals surface area contributed by atoms with Gasteiger partial charge in [0.2, 0.25) is 0 Å². The lowest BCUT2D eigenvalue weighted by atomic mass is 9.41. The summed E-state index contributed by atoms with van der Waals surface area (Å²) in [5.41, 5.74) is -2.55. The van der Waals surface area contributed by atoms with E-state index in [0.29, 0.717) is 18.4 Å². The topological polar surface area (TPSA) is 113 Å². The number of aliphatic carboxylic acids is 1. The van der Waals surface area contributed by atoms with Crippen molar-refractivity contribution in [1.82, 2.24) is 0 Å². The zero-order valence-electron chi connectivity index (χ0n) is 22.8. The molecule has 1 unspecified atom stereocenters. The number of benzene rings is 1. The number of ketones is 1. The Bertz CT molecular complexity index is 1210. The molecule has 7 nitrogen and oxygen atoms in total. The number of fused-ring (bicyclic) bond motifs is 1. The Hall–Kier alpha value is -2.30. The number of carboxylic acid groups (broad SMARTS) is 1. The number of aliphatic hydroxyl groups excluding tert-OH is 1. The number of carbonyl (C=O) groups is 2. The van der Waals surface area contributed by atoms with Crippen molar-refractivity contribution in [2.75, 3.05) is 0 Å². The molecule has 10 atom stereocenters. The van der Waals surface area contributed by atoms with Gasteiger partial charge in [0.15, 0.2) is 29.6 Å². The number of alkyl halides is 1. The number of Topliss-reactive ketones (excluding diaryl/α,β-unsaturated/α-hetero) is 1. The molecule has 3 aliphatic carbocycles. The molecule has 2 bridgehead atoms. The maximum Gasteiger partial charge on any atom is 0.494 e. The van der Waals surface area contributed by atoms with Crippen LogP contribution in [0.1, 0.15) is 58.9 Å². The van der Waals surface area contributed by atoms with Crippen molar-refractivity contribution < 1.29 is 43.0 Å². The summed E-state index contributed by atoms with van der Waals surface area (Å²) >= 11 is 0. The summed E-state index contributed by atoms with van der Waals surface area (Å²) in [6.45, 7) is 11.4. The van der Waals surface area contributed by atoms with Crippen LogP contribution in [0.25, 0.3) is 0 Å². The van der Waals surface area contributed by atoms with E-state index >= 15 is 8.78 Å². The SMILES string of the molecule is C=C[C@]1(C)C[C@@H](C(Oc2ccc3c(c2F)B(O)OC3)C(=O)O)[C@@]2(C)[C@H](C)CC[C@]3(C[C@H](F)C(=O)[C@H]32)[C@@H](C)[C@@H]1O. The van der Waals surface area contributed by atoms with Crippen molar-refractivity contribution in [3.63, 3.8) is 0 Å². The van der Waals surface area contributed by atoms with Crippen LogP contribution >= 0.6 is 0 Å². The summed E-state index contributed by atoms with van der Waals surface area (Å²) in [6, 6.07) is 2.83. The van der Waals surface area contributed by atoms with Gasteiger partial charge in [0.05, 0.1) is 12.7 Å². The van der Waals surface area contributed by atoms with E-state index in [1.54, 1.807) is 13.0 Å². The molecule has 3 N–H and O–H groups in total. The van der Waals surface area contributed by atoms with Crippen LogP contribution in [0.2, 0.25) is 0 Å². The van der Waals surface area contributed by atoms with Gasteiger partial charge < -0.3 is 24.6 Å². The van der Waals surface area contributed by atoms with Crippen molar-refractivity contribution in [3.05, 3.63) is 36.2 Å². The predicted octanol–water partition coefficient (Wildman–Crippen LogP) is 3.43. The third-order valence-corrected chi connectivity index (χ3v) is 11.2. The fraction of sp³-hybridized carbons (Fsp3) is 0.655. The molecule has 39 heavy (non-hydrogen) atoms. The van der Waals surface area contributed by atoms with Gasteiger partial charge in [0.1, 0.15) is 0 Å². The van der Waals surface area contributed by atoms with Gasteiger partial charge in [0, 0.05) is 22.7 Å². The van der Waals surface area contributed by atoms with Gasteiger partial charge >= 0.3 is 13.1 Å².